The van der Waals surface area contributed by atoms with Crippen LogP contribution in [0.2, 0.25) is 10.0 Å². The zero-order valence-corrected chi connectivity index (χ0v) is 9.90. The molecule has 1 aromatic carbocycles. The second-order valence-corrected chi connectivity index (χ2v) is 4.11. The molecular formula is C10H7Cl2N3O2. The molecule has 7 heteroatoms. The van der Waals surface area contributed by atoms with E-state index in [2.05, 4.69) is 5.10 Å². The van der Waals surface area contributed by atoms with Gasteiger partial charge in [0.15, 0.2) is 5.69 Å². The second kappa shape index (κ2) is 4.27. The quantitative estimate of drug-likeness (QED) is 0.879. The maximum absolute atomic E-state index is 10.8. The van der Waals surface area contributed by atoms with E-state index >= 15 is 0 Å². The van der Waals surface area contributed by atoms with Crippen molar-refractivity contribution in [2.24, 2.45) is 0 Å². The number of aromatic nitrogens is 2. The Morgan fingerprint density at radius 1 is 1.35 bits per heavy atom. The molecule has 0 radical (unpaired) electrons. The van der Waals surface area contributed by atoms with Crippen molar-refractivity contribution in [3.8, 4) is 5.69 Å². The summed E-state index contributed by atoms with van der Waals surface area (Å²) in [5, 5.41) is 13.5. The summed E-state index contributed by atoms with van der Waals surface area (Å²) in [4.78, 5) is 10.8. The minimum atomic E-state index is -1.16. The molecule has 0 aliphatic rings. The van der Waals surface area contributed by atoms with E-state index in [1.165, 1.54) is 10.7 Å². The van der Waals surface area contributed by atoms with Gasteiger partial charge >= 0.3 is 5.97 Å². The Labute approximate surface area is 106 Å². The number of rotatable bonds is 2. The van der Waals surface area contributed by atoms with Crippen LogP contribution in [-0.4, -0.2) is 20.9 Å². The molecule has 0 bridgehead atoms. The van der Waals surface area contributed by atoms with Crippen molar-refractivity contribution in [3.05, 3.63) is 40.0 Å². The van der Waals surface area contributed by atoms with Crippen molar-refractivity contribution in [1.82, 2.24) is 9.78 Å². The average molecular weight is 272 g/mol. The summed E-state index contributed by atoms with van der Waals surface area (Å²) in [5.74, 6) is -0.986. The molecule has 0 aliphatic carbocycles. The predicted molar refractivity (Wildman–Crippen MR) is 65.0 cm³/mol. The lowest BCUT2D eigenvalue weighted by molar-refractivity contribution is 0.0690. The minimum absolute atomic E-state index is 0.154. The van der Waals surface area contributed by atoms with E-state index in [9.17, 15) is 4.79 Å². The van der Waals surface area contributed by atoms with Gasteiger partial charge in [0.2, 0.25) is 0 Å². The van der Waals surface area contributed by atoms with Gasteiger partial charge in [-0.25, -0.2) is 9.48 Å². The Kier molecular flexibility index (Phi) is 2.95. The van der Waals surface area contributed by atoms with Gasteiger partial charge in [-0.05, 0) is 18.2 Å². The molecule has 0 saturated carbocycles. The normalized spacial score (nSPS) is 10.5. The van der Waals surface area contributed by atoms with E-state index in [0.29, 0.717) is 15.7 Å². The number of aromatic carboxylic acids is 1. The molecule has 0 atom stereocenters. The van der Waals surface area contributed by atoms with Gasteiger partial charge in [0, 0.05) is 11.1 Å². The van der Waals surface area contributed by atoms with Crippen LogP contribution in [0.5, 0.6) is 0 Å². The molecular weight excluding hydrogens is 265 g/mol. The highest BCUT2D eigenvalue weighted by Crippen LogP contribution is 2.26. The molecule has 5 nitrogen and oxygen atoms in total. The number of hydrogen-bond donors (Lipinski definition) is 2. The van der Waals surface area contributed by atoms with E-state index in [1.807, 2.05) is 0 Å². The number of benzene rings is 1. The summed E-state index contributed by atoms with van der Waals surface area (Å²) in [7, 11) is 0. The van der Waals surface area contributed by atoms with Crippen LogP contribution in [0.4, 0.5) is 5.82 Å². The smallest absolute Gasteiger partial charge is 0.356 e. The molecule has 2 rings (SSSR count). The summed E-state index contributed by atoms with van der Waals surface area (Å²) in [6.45, 7) is 0. The summed E-state index contributed by atoms with van der Waals surface area (Å²) in [5.41, 5.74) is 5.95. The van der Waals surface area contributed by atoms with Crippen LogP contribution >= 0.6 is 23.2 Å². The van der Waals surface area contributed by atoms with Gasteiger partial charge < -0.3 is 10.8 Å². The number of nitrogens with zero attached hydrogens (tertiary/aromatic N) is 2. The Morgan fingerprint density at radius 2 is 2.06 bits per heavy atom. The van der Waals surface area contributed by atoms with Gasteiger partial charge in [-0.3, -0.25) is 0 Å². The van der Waals surface area contributed by atoms with E-state index in [-0.39, 0.29) is 11.5 Å². The molecule has 1 heterocycles. The van der Waals surface area contributed by atoms with Crippen molar-refractivity contribution in [2.45, 2.75) is 0 Å². The van der Waals surface area contributed by atoms with Crippen molar-refractivity contribution in [2.75, 3.05) is 5.73 Å². The first kappa shape index (κ1) is 11.8. The van der Waals surface area contributed by atoms with Gasteiger partial charge in [0.25, 0.3) is 0 Å². The number of hydrogen-bond acceptors (Lipinski definition) is 3. The maximum Gasteiger partial charge on any atom is 0.356 e. The fourth-order valence-corrected chi connectivity index (χ4v) is 1.71. The van der Waals surface area contributed by atoms with Crippen LogP contribution in [0.25, 0.3) is 5.69 Å². The van der Waals surface area contributed by atoms with Crippen LogP contribution in [0.15, 0.2) is 24.3 Å². The largest absolute Gasteiger partial charge is 0.476 e. The van der Waals surface area contributed by atoms with Gasteiger partial charge in [-0.1, -0.05) is 23.2 Å². The molecule has 0 unspecified atom stereocenters. The number of halogens is 2. The fourth-order valence-electron chi connectivity index (χ4n) is 1.34. The molecule has 0 aliphatic heterocycles. The second-order valence-electron chi connectivity index (χ2n) is 3.27. The summed E-state index contributed by atoms with van der Waals surface area (Å²) in [6.07, 6.45) is 0. The molecule has 17 heavy (non-hydrogen) atoms. The Morgan fingerprint density at radius 3 is 2.65 bits per heavy atom. The number of carboxylic acid groups (broad SMARTS) is 1. The Balaban J connectivity index is 2.60. The predicted octanol–water partition coefficient (Wildman–Crippen LogP) is 2.46. The first-order chi connectivity index (χ1) is 7.99. The Bertz CT molecular complexity index is 595. The zero-order chi connectivity index (χ0) is 12.6. The van der Waals surface area contributed by atoms with Crippen LogP contribution in [-0.2, 0) is 0 Å². The van der Waals surface area contributed by atoms with Crippen molar-refractivity contribution in [3.63, 3.8) is 0 Å². The third kappa shape index (κ3) is 2.20. The van der Waals surface area contributed by atoms with E-state index in [0.717, 1.165) is 0 Å². The van der Waals surface area contributed by atoms with E-state index < -0.39 is 5.97 Å². The average Bonchev–Trinajstić information content (AvgIpc) is 2.64. The van der Waals surface area contributed by atoms with E-state index in [4.69, 9.17) is 34.0 Å². The molecule has 88 valence electrons. The summed E-state index contributed by atoms with van der Waals surface area (Å²) in [6, 6.07) is 6.00. The monoisotopic (exact) mass is 271 g/mol. The van der Waals surface area contributed by atoms with Crippen LogP contribution in [0, 0.1) is 0 Å². The number of carboxylic acids is 1. The van der Waals surface area contributed by atoms with Gasteiger partial charge in [-0.15, -0.1) is 0 Å². The third-order valence-corrected chi connectivity index (χ3v) is 2.65. The highest BCUT2D eigenvalue weighted by Gasteiger charge is 2.14. The van der Waals surface area contributed by atoms with Crippen LogP contribution in [0.1, 0.15) is 10.5 Å². The third-order valence-electron chi connectivity index (χ3n) is 2.09. The first-order valence-corrected chi connectivity index (χ1v) is 5.29. The molecule has 0 spiro atoms. The fraction of sp³-hybridized carbons (Fsp3) is 0. The van der Waals surface area contributed by atoms with Crippen molar-refractivity contribution >= 4 is 35.0 Å². The number of nitrogen functional groups attached to an aromatic ring is 1. The lowest BCUT2D eigenvalue weighted by atomic mass is 10.3. The highest BCUT2D eigenvalue weighted by molar-refractivity contribution is 6.34. The van der Waals surface area contributed by atoms with Gasteiger partial charge in [-0.2, -0.15) is 5.10 Å². The lowest BCUT2D eigenvalue weighted by Gasteiger charge is -2.06. The Hall–Kier alpha value is -1.72. The van der Waals surface area contributed by atoms with Crippen LogP contribution < -0.4 is 5.73 Å². The standard InChI is InChI=1S/C10H7Cl2N3O2/c11-5-1-2-6(12)8(3-5)15-9(13)4-7(14-15)10(16)17/h1-4H,13H2,(H,16,17). The summed E-state index contributed by atoms with van der Waals surface area (Å²) < 4.78 is 1.23. The first-order valence-electron chi connectivity index (χ1n) is 4.53. The van der Waals surface area contributed by atoms with Gasteiger partial charge in [0.05, 0.1) is 10.7 Å². The van der Waals surface area contributed by atoms with Crippen molar-refractivity contribution in [1.29, 1.82) is 0 Å². The van der Waals surface area contributed by atoms with Crippen LogP contribution in [0.3, 0.4) is 0 Å². The zero-order valence-electron chi connectivity index (χ0n) is 8.39. The molecule has 0 amide bonds. The number of nitrogens with two attached hydrogens (primary N) is 1. The minimum Gasteiger partial charge on any atom is -0.476 e. The van der Waals surface area contributed by atoms with E-state index in [1.54, 1.807) is 18.2 Å². The SMILES string of the molecule is Nc1cc(C(=O)O)nn1-c1cc(Cl)ccc1Cl. The maximum atomic E-state index is 10.8. The molecule has 3 N–H and O–H groups in total. The molecule has 1 aromatic heterocycles. The number of carbonyl (C=O) groups is 1. The molecule has 0 saturated heterocycles. The van der Waals surface area contributed by atoms with Gasteiger partial charge in [0.1, 0.15) is 5.82 Å². The lowest BCUT2D eigenvalue weighted by Crippen LogP contribution is -2.04. The van der Waals surface area contributed by atoms with Crippen molar-refractivity contribution < 1.29 is 9.90 Å². The topological polar surface area (TPSA) is 81.1 Å². The number of anilines is 1. The highest BCUT2D eigenvalue weighted by atomic mass is 35.5. The molecule has 0 fully saturated rings. The molecule has 2 aromatic rings. The summed E-state index contributed by atoms with van der Waals surface area (Å²) >= 11 is 11.8.